The standard InChI is InChI=1S/C15H22N2O/c1-2-13(12-8-4-3-5-9-12)17-15(18)14-10-6-7-11-16-14/h3-5,8-9,13-14,16H,2,6-7,10-11H2,1H3,(H,17,18)/t13?,14-/m1/s1. The zero-order valence-electron chi connectivity index (χ0n) is 11.0. The molecule has 0 aromatic heterocycles. The molecular weight excluding hydrogens is 224 g/mol. The van der Waals surface area contributed by atoms with Crippen molar-refractivity contribution in [2.75, 3.05) is 6.54 Å². The van der Waals surface area contributed by atoms with E-state index in [0.717, 1.165) is 25.8 Å². The van der Waals surface area contributed by atoms with Crippen LogP contribution in [0.5, 0.6) is 0 Å². The number of nitrogens with one attached hydrogen (secondary N) is 2. The van der Waals surface area contributed by atoms with Gasteiger partial charge in [0.25, 0.3) is 0 Å². The first-order valence-electron chi connectivity index (χ1n) is 6.90. The van der Waals surface area contributed by atoms with E-state index in [9.17, 15) is 4.79 Å². The molecular formula is C15H22N2O. The molecule has 1 saturated heterocycles. The highest BCUT2D eigenvalue weighted by molar-refractivity contribution is 5.82. The molecule has 0 aliphatic carbocycles. The van der Waals surface area contributed by atoms with Crippen LogP contribution in [-0.4, -0.2) is 18.5 Å². The third-order valence-corrected chi connectivity index (χ3v) is 3.55. The van der Waals surface area contributed by atoms with Gasteiger partial charge in [0.1, 0.15) is 0 Å². The van der Waals surface area contributed by atoms with E-state index in [0.29, 0.717) is 0 Å². The number of hydrogen-bond acceptors (Lipinski definition) is 2. The van der Waals surface area contributed by atoms with Gasteiger partial charge in [-0.2, -0.15) is 0 Å². The van der Waals surface area contributed by atoms with Crippen LogP contribution in [-0.2, 0) is 4.79 Å². The van der Waals surface area contributed by atoms with E-state index in [4.69, 9.17) is 0 Å². The van der Waals surface area contributed by atoms with Crippen molar-refractivity contribution in [1.82, 2.24) is 10.6 Å². The molecule has 3 nitrogen and oxygen atoms in total. The minimum Gasteiger partial charge on any atom is -0.348 e. The van der Waals surface area contributed by atoms with E-state index in [1.165, 1.54) is 12.0 Å². The quantitative estimate of drug-likeness (QED) is 0.856. The van der Waals surface area contributed by atoms with E-state index in [2.05, 4.69) is 29.7 Å². The van der Waals surface area contributed by atoms with Crippen LogP contribution in [0.15, 0.2) is 30.3 Å². The highest BCUT2D eigenvalue weighted by Crippen LogP contribution is 2.17. The van der Waals surface area contributed by atoms with E-state index in [-0.39, 0.29) is 18.0 Å². The van der Waals surface area contributed by atoms with Crippen molar-refractivity contribution in [2.45, 2.75) is 44.7 Å². The van der Waals surface area contributed by atoms with Crippen LogP contribution in [0.2, 0.25) is 0 Å². The summed E-state index contributed by atoms with van der Waals surface area (Å²) < 4.78 is 0. The molecule has 3 heteroatoms. The molecule has 18 heavy (non-hydrogen) atoms. The van der Waals surface area contributed by atoms with Crippen molar-refractivity contribution < 1.29 is 4.79 Å². The third kappa shape index (κ3) is 3.33. The lowest BCUT2D eigenvalue weighted by molar-refractivity contribution is -0.124. The molecule has 2 atom stereocenters. The summed E-state index contributed by atoms with van der Waals surface area (Å²) in [6.45, 7) is 3.06. The zero-order valence-corrected chi connectivity index (χ0v) is 11.0. The van der Waals surface area contributed by atoms with Crippen molar-refractivity contribution in [1.29, 1.82) is 0 Å². The van der Waals surface area contributed by atoms with Gasteiger partial charge in [0.15, 0.2) is 0 Å². The SMILES string of the molecule is CCC(NC(=O)[C@H]1CCCCN1)c1ccccc1. The molecule has 98 valence electrons. The monoisotopic (exact) mass is 246 g/mol. The Bertz CT molecular complexity index is 371. The Morgan fingerprint density at radius 3 is 2.78 bits per heavy atom. The van der Waals surface area contributed by atoms with Gasteiger partial charge in [0.05, 0.1) is 12.1 Å². The van der Waals surface area contributed by atoms with Crippen molar-refractivity contribution in [3.8, 4) is 0 Å². The summed E-state index contributed by atoms with van der Waals surface area (Å²) in [5, 5.41) is 6.44. The Morgan fingerprint density at radius 1 is 1.39 bits per heavy atom. The van der Waals surface area contributed by atoms with Crippen LogP contribution in [0.1, 0.15) is 44.2 Å². The maximum atomic E-state index is 12.2. The first kappa shape index (κ1) is 13.1. The Hall–Kier alpha value is -1.35. The van der Waals surface area contributed by atoms with Gasteiger partial charge >= 0.3 is 0 Å². The summed E-state index contributed by atoms with van der Waals surface area (Å²) in [7, 11) is 0. The van der Waals surface area contributed by atoms with Crippen molar-refractivity contribution >= 4 is 5.91 Å². The van der Waals surface area contributed by atoms with Gasteiger partial charge < -0.3 is 10.6 Å². The number of hydrogen-bond donors (Lipinski definition) is 2. The molecule has 2 N–H and O–H groups in total. The molecule has 1 aromatic rings. The van der Waals surface area contributed by atoms with Crippen molar-refractivity contribution in [2.24, 2.45) is 0 Å². The fourth-order valence-electron chi connectivity index (χ4n) is 2.45. The number of benzene rings is 1. The second-order valence-corrected chi connectivity index (χ2v) is 4.88. The highest BCUT2D eigenvalue weighted by atomic mass is 16.2. The molecule has 1 fully saturated rings. The number of carbonyl (C=O) groups excluding carboxylic acids is 1. The lowest BCUT2D eigenvalue weighted by Crippen LogP contribution is -2.47. The van der Waals surface area contributed by atoms with Gasteiger partial charge in [-0.3, -0.25) is 4.79 Å². The summed E-state index contributed by atoms with van der Waals surface area (Å²) in [4.78, 5) is 12.2. The van der Waals surface area contributed by atoms with Crippen LogP contribution in [0, 0.1) is 0 Å². The van der Waals surface area contributed by atoms with Gasteiger partial charge in [-0.15, -0.1) is 0 Å². The van der Waals surface area contributed by atoms with E-state index in [1.54, 1.807) is 0 Å². The van der Waals surface area contributed by atoms with E-state index in [1.807, 2.05) is 18.2 Å². The first-order chi connectivity index (χ1) is 8.81. The van der Waals surface area contributed by atoms with Crippen LogP contribution in [0.25, 0.3) is 0 Å². The van der Waals surface area contributed by atoms with Gasteiger partial charge in [0.2, 0.25) is 5.91 Å². The predicted octanol–water partition coefficient (Wildman–Crippen LogP) is 2.40. The predicted molar refractivity (Wildman–Crippen MR) is 73.3 cm³/mol. The second kappa shape index (κ2) is 6.55. The molecule has 1 aromatic carbocycles. The summed E-state index contributed by atoms with van der Waals surface area (Å²) in [6.07, 6.45) is 4.20. The highest BCUT2D eigenvalue weighted by Gasteiger charge is 2.22. The lowest BCUT2D eigenvalue weighted by Gasteiger charge is -2.25. The minimum absolute atomic E-state index is 0.00323. The Balaban J connectivity index is 1.95. The van der Waals surface area contributed by atoms with Crippen LogP contribution >= 0.6 is 0 Å². The molecule has 0 bridgehead atoms. The summed E-state index contributed by atoms with van der Waals surface area (Å²) in [5.41, 5.74) is 1.18. The molecule has 0 saturated carbocycles. The Kier molecular flexibility index (Phi) is 4.76. The Labute approximate surface area is 109 Å². The summed E-state index contributed by atoms with van der Waals surface area (Å²) >= 11 is 0. The molecule has 0 radical (unpaired) electrons. The molecule has 0 spiro atoms. The average Bonchev–Trinajstić information content (AvgIpc) is 2.46. The fraction of sp³-hybridized carbons (Fsp3) is 0.533. The smallest absolute Gasteiger partial charge is 0.237 e. The molecule has 1 amide bonds. The van der Waals surface area contributed by atoms with Gasteiger partial charge in [-0.05, 0) is 31.4 Å². The molecule has 2 rings (SSSR count). The number of piperidine rings is 1. The molecule has 1 aliphatic rings. The minimum atomic E-state index is -0.00323. The van der Waals surface area contributed by atoms with Gasteiger partial charge in [-0.25, -0.2) is 0 Å². The molecule has 1 heterocycles. The summed E-state index contributed by atoms with van der Waals surface area (Å²) in [5.74, 6) is 0.144. The molecule has 1 unspecified atom stereocenters. The third-order valence-electron chi connectivity index (χ3n) is 3.55. The normalized spacial score (nSPS) is 21.3. The average molecular weight is 246 g/mol. The van der Waals surface area contributed by atoms with E-state index >= 15 is 0 Å². The van der Waals surface area contributed by atoms with E-state index < -0.39 is 0 Å². The van der Waals surface area contributed by atoms with Crippen molar-refractivity contribution in [3.05, 3.63) is 35.9 Å². The molecule has 1 aliphatic heterocycles. The van der Waals surface area contributed by atoms with Crippen LogP contribution in [0.3, 0.4) is 0 Å². The number of rotatable bonds is 4. The van der Waals surface area contributed by atoms with Gasteiger partial charge in [-0.1, -0.05) is 43.7 Å². The van der Waals surface area contributed by atoms with Crippen LogP contribution in [0.4, 0.5) is 0 Å². The van der Waals surface area contributed by atoms with Crippen LogP contribution < -0.4 is 10.6 Å². The fourth-order valence-corrected chi connectivity index (χ4v) is 2.45. The zero-order chi connectivity index (χ0) is 12.8. The number of carbonyl (C=O) groups is 1. The number of amides is 1. The largest absolute Gasteiger partial charge is 0.348 e. The lowest BCUT2D eigenvalue weighted by atomic mass is 10.0. The first-order valence-corrected chi connectivity index (χ1v) is 6.90. The second-order valence-electron chi connectivity index (χ2n) is 4.88. The maximum absolute atomic E-state index is 12.2. The Morgan fingerprint density at radius 2 is 2.17 bits per heavy atom. The van der Waals surface area contributed by atoms with Crippen molar-refractivity contribution in [3.63, 3.8) is 0 Å². The summed E-state index contributed by atoms with van der Waals surface area (Å²) in [6, 6.07) is 10.3. The van der Waals surface area contributed by atoms with Gasteiger partial charge in [0, 0.05) is 0 Å². The topological polar surface area (TPSA) is 41.1 Å². The maximum Gasteiger partial charge on any atom is 0.237 e.